The van der Waals surface area contributed by atoms with Gasteiger partial charge in [0, 0.05) is 5.56 Å². The Morgan fingerprint density at radius 3 is 2.61 bits per heavy atom. The summed E-state index contributed by atoms with van der Waals surface area (Å²) in [7, 11) is 1.70. The second-order valence-electron chi connectivity index (χ2n) is 4.38. The molecule has 0 aliphatic rings. The Kier molecular flexibility index (Phi) is 4.00. The van der Waals surface area contributed by atoms with Gasteiger partial charge in [-0.1, -0.05) is 36.4 Å². The maximum Gasteiger partial charge on any atom is 0.126 e. The summed E-state index contributed by atoms with van der Waals surface area (Å²) in [6, 6.07) is 14.6. The Bertz CT molecular complexity index is 534. The zero-order valence-corrected chi connectivity index (χ0v) is 10.9. The number of benzene rings is 2. The molecule has 0 unspecified atom stereocenters. The van der Waals surface area contributed by atoms with Crippen molar-refractivity contribution in [3.8, 4) is 16.9 Å². The summed E-state index contributed by atoms with van der Waals surface area (Å²) in [6.45, 7) is 2.80. The van der Waals surface area contributed by atoms with Crippen LogP contribution in [0.15, 0.2) is 42.5 Å². The molecule has 0 heterocycles. The number of hydrogen-bond acceptors (Lipinski definition) is 2. The average Bonchev–Trinajstić information content (AvgIpc) is 2.41. The van der Waals surface area contributed by atoms with E-state index < -0.39 is 0 Å². The Morgan fingerprint density at radius 1 is 1.11 bits per heavy atom. The maximum atomic E-state index is 5.65. The minimum absolute atomic E-state index is 0.677. The van der Waals surface area contributed by atoms with E-state index in [9.17, 15) is 0 Å². The second-order valence-corrected chi connectivity index (χ2v) is 4.38. The summed E-state index contributed by atoms with van der Waals surface area (Å²) in [4.78, 5) is 0. The highest BCUT2D eigenvalue weighted by Gasteiger charge is 2.06. The van der Waals surface area contributed by atoms with E-state index in [1.807, 2.05) is 18.2 Å². The molecule has 2 N–H and O–H groups in total. The van der Waals surface area contributed by atoms with Gasteiger partial charge in [-0.3, -0.25) is 0 Å². The lowest BCUT2D eigenvalue weighted by Gasteiger charge is -2.11. The molecule has 2 aromatic carbocycles. The van der Waals surface area contributed by atoms with Gasteiger partial charge in [-0.2, -0.15) is 0 Å². The molecular weight excluding hydrogens is 222 g/mol. The number of aryl methyl sites for hydroxylation is 1. The summed E-state index contributed by atoms with van der Waals surface area (Å²) < 4.78 is 5.41. The van der Waals surface area contributed by atoms with E-state index in [-0.39, 0.29) is 0 Å². The number of nitrogens with two attached hydrogens (primary N) is 1. The first kappa shape index (κ1) is 12.7. The molecule has 0 aliphatic heterocycles. The van der Waals surface area contributed by atoms with Crippen LogP contribution in [0.1, 0.15) is 11.1 Å². The first-order chi connectivity index (χ1) is 8.76. The maximum absolute atomic E-state index is 5.65. The number of hydrogen-bond donors (Lipinski definition) is 1. The van der Waals surface area contributed by atoms with Crippen LogP contribution in [-0.2, 0) is 6.42 Å². The van der Waals surface area contributed by atoms with Crippen molar-refractivity contribution < 1.29 is 4.74 Å². The van der Waals surface area contributed by atoms with Gasteiger partial charge in [0.2, 0.25) is 0 Å². The van der Waals surface area contributed by atoms with Crippen LogP contribution in [0.4, 0.5) is 0 Å². The first-order valence-electron chi connectivity index (χ1n) is 6.19. The molecule has 0 aromatic heterocycles. The summed E-state index contributed by atoms with van der Waals surface area (Å²) >= 11 is 0. The topological polar surface area (TPSA) is 35.2 Å². The standard InChI is InChI=1S/C16H19NO/c1-12-7-8-14(11-13(12)9-10-17)15-5-3-4-6-16(15)18-2/h3-8,11H,9-10,17H2,1-2H3. The molecule has 18 heavy (non-hydrogen) atoms. The molecule has 0 atom stereocenters. The zero-order chi connectivity index (χ0) is 13.0. The van der Waals surface area contributed by atoms with E-state index in [0.717, 1.165) is 17.7 Å². The normalized spacial score (nSPS) is 10.4. The summed E-state index contributed by atoms with van der Waals surface area (Å²) in [5.41, 5.74) is 10.6. The van der Waals surface area contributed by atoms with Crippen LogP contribution < -0.4 is 10.5 Å². The molecule has 0 fully saturated rings. The average molecular weight is 241 g/mol. The van der Waals surface area contributed by atoms with Crippen molar-refractivity contribution in [1.82, 2.24) is 0 Å². The molecule has 0 saturated carbocycles. The number of ether oxygens (including phenoxy) is 1. The van der Waals surface area contributed by atoms with Crippen LogP contribution >= 0.6 is 0 Å². The van der Waals surface area contributed by atoms with Crippen molar-refractivity contribution in [2.24, 2.45) is 5.73 Å². The van der Waals surface area contributed by atoms with Crippen LogP contribution in [0.25, 0.3) is 11.1 Å². The number of methoxy groups -OCH3 is 1. The van der Waals surface area contributed by atoms with Gasteiger partial charge in [0.05, 0.1) is 7.11 Å². The fraction of sp³-hybridized carbons (Fsp3) is 0.250. The third kappa shape index (κ3) is 2.54. The number of rotatable bonds is 4. The van der Waals surface area contributed by atoms with Gasteiger partial charge in [-0.05, 0) is 42.6 Å². The van der Waals surface area contributed by atoms with Crippen LogP contribution in [0.3, 0.4) is 0 Å². The summed E-state index contributed by atoms with van der Waals surface area (Å²) in [5.74, 6) is 0.903. The van der Waals surface area contributed by atoms with Gasteiger partial charge in [-0.15, -0.1) is 0 Å². The first-order valence-corrected chi connectivity index (χ1v) is 6.19. The zero-order valence-electron chi connectivity index (χ0n) is 10.9. The predicted octanol–water partition coefficient (Wildman–Crippen LogP) is 3.17. The molecular formula is C16H19NO. The highest BCUT2D eigenvalue weighted by Crippen LogP contribution is 2.30. The molecule has 0 bridgehead atoms. The Hall–Kier alpha value is -1.80. The minimum Gasteiger partial charge on any atom is -0.496 e. The van der Waals surface area contributed by atoms with E-state index in [4.69, 9.17) is 10.5 Å². The molecule has 2 rings (SSSR count). The largest absolute Gasteiger partial charge is 0.496 e. The van der Waals surface area contributed by atoms with E-state index in [1.165, 1.54) is 16.7 Å². The molecule has 94 valence electrons. The van der Waals surface area contributed by atoms with Gasteiger partial charge in [-0.25, -0.2) is 0 Å². The highest BCUT2D eigenvalue weighted by atomic mass is 16.5. The lowest BCUT2D eigenvalue weighted by atomic mass is 9.97. The molecule has 0 amide bonds. The lowest BCUT2D eigenvalue weighted by molar-refractivity contribution is 0.416. The molecule has 0 radical (unpaired) electrons. The second kappa shape index (κ2) is 5.69. The fourth-order valence-electron chi connectivity index (χ4n) is 2.15. The quantitative estimate of drug-likeness (QED) is 0.892. The van der Waals surface area contributed by atoms with Crippen molar-refractivity contribution >= 4 is 0 Å². The van der Waals surface area contributed by atoms with E-state index in [2.05, 4.69) is 31.2 Å². The van der Waals surface area contributed by atoms with Crippen LogP contribution in [0.2, 0.25) is 0 Å². The van der Waals surface area contributed by atoms with Crippen LogP contribution in [0, 0.1) is 6.92 Å². The monoisotopic (exact) mass is 241 g/mol. The number of para-hydroxylation sites is 1. The SMILES string of the molecule is COc1ccccc1-c1ccc(C)c(CCN)c1. The van der Waals surface area contributed by atoms with Crippen LogP contribution in [-0.4, -0.2) is 13.7 Å². The van der Waals surface area contributed by atoms with Gasteiger partial charge in [0.1, 0.15) is 5.75 Å². The Labute approximate surface area is 108 Å². The predicted molar refractivity (Wildman–Crippen MR) is 75.9 cm³/mol. The molecule has 0 saturated heterocycles. The smallest absolute Gasteiger partial charge is 0.126 e. The molecule has 2 heteroatoms. The molecule has 0 spiro atoms. The molecule has 0 aliphatic carbocycles. The third-order valence-electron chi connectivity index (χ3n) is 3.18. The van der Waals surface area contributed by atoms with Crippen molar-refractivity contribution in [3.63, 3.8) is 0 Å². The fourth-order valence-corrected chi connectivity index (χ4v) is 2.15. The molecule has 2 nitrogen and oxygen atoms in total. The minimum atomic E-state index is 0.677. The van der Waals surface area contributed by atoms with E-state index in [1.54, 1.807) is 7.11 Å². The van der Waals surface area contributed by atoms with Crippen LogP contribution in [0.5, 0.6) is 5.75 Å². The van der Waals surface area contributed by atoms with Gasteiger partial charge in [0.25, 0.3) is 0 Å². The van der Waals surface area contributed by atoms with Gasteiger partial charge < -0.3 is 10.5 Å². The Morgan fingerprint density at radius 2 is 1.89 bits per heavy atom. The summed E-state index contributed by atoms with van der Waals surface area (Å²) in [5, 5.41) is 0. The summed E-state index contributed by atoms with van der Waals surface area (Å²) in [6.07, 6.45) is 0.912. The van der Waals surface area contributed by atoms with Gasteiger partial charge in [0.15, 0.2) is 0 Å². The van der Waals surface area contributed by atoms with Gasteiger partial charge >= 0.3 is 0 Å². The molecule has 2 aromatic rings. The lowest BCUT2D eigenvalue weighted by Crippen LogP contribution is -2.04. The van der Waals surface area contributed by atoms with Crippen molar-refractivity contribution in [3.05, 3.63) is 53.6 Å². The van der Waals surface area contributed by atoms with Crippen molar-refractivity contribution in [2.45, 2.75) is 13.3 Å². The highest BCUT2D eigenvalue weighted by molar-refractivity contribution is 5.71. The van der Waals surface area contributed by atoms with Crippen molar-refractivity contribution in [1.29, 1.82) is 0 Å². The third-order valence-corrected chi connectivity index (χ3v) is 3.18. The van der Waals surface area contributed by atoms with Crippen molar-refractivity contribution in [2.75, 3.05) is 13.7 Å². The van der Waals surface area contributed by atoms with E-state index >= 15 is 0 Å². The van der Waals surface area contributed by atoms with E-state index in [0.29, 0.717) is 6.54 Å². The Balaban J connectivity index is 2.47.